The second kappa shape index (κ2) is 6.44. The first-order valence-electron chi connectivity index (χ1n) is 8.06. The topological polar surface area (TPSA) is 72.0 Å². The number of carbonyl (C=O) groups excluding carboxylic acids is 1. The minimum absolute atomic E-state index is 0.198. The summed E-state index contributed by atoms with van der Waals surface area (Å²) >= 11 is 1.47. The van der Waals surface area contributed by atoms with Crippen molar-refractivity contribution in [3.63, 3.8) is 0 Å². The van der Waals surface area contributed by atoms with E-state index in [1.165, 1.54) is 11.3 Å². The van der Waals surface area contributed by atoms with Crippen molar-refractivity contribution in [1.82, 2.24) is 9.97 Å². The van der Waals surface area contributed by atoms with Gasteiger partial charge in [-0.3, -0.25) is 4.79 Å². The van der Waals surface area contributed by atoms with Crippen LogP contribution in [0.3, 0.4) is 0 Å². The molecule has 0 radical (unpaired) electrons. The zero-order valence-corrected chi connectivity index (χ0v) is 15.7. The van der Waals surface area contributed by atoms with Crippen molar-refractivity contribution < 1.29 is 9.53 Å². The number of H-pyrrole nitrogens is 1. The van der Waals surface area contributed by atoms with Crippen molar-refractivity contribution in [2.45, 2.75) is 40.7 Å². The molecule has 25 heavy (non-hydrogen) atoms. The second-order valence-corrected chi connectivity index (χ2v) is 7.46. The Hall–Kier alpha value is -2.47. The zero-order valence-electron chi connectivity index (χ0n) is 14.9. The number of aryl methyl sites for hydroxylation is 4. The summed E-state index contributed by atoms with van der Waals surface area (Å²) in [5.41, 5.74) is 3.38. The maximum Gasteiger partial charge on any atom is 0.338 e. The number of aromatic nitrogens is 2. The molecule has 2 heterocycles. The van der Waals surface area contributed by atoms with Gasteiger partial charge < -0.3 is 9.72 Å². The number of thiophene rings is 1. The molecule has 0 bridgehead atoms. The molecule has 130 valence electrons. The van der Waals surface area contributed by atoms with Gasteiger partial charge in [0.1, 0.15) is 4.83 Å². The first-order valence-corrected chi connectivity index (χ1v) is 8.87. The maximum absolute atomic E-state index is 12.4. The third-order valence-corrected chi connectivity index (χ3v) is 5.57. The minimum Gasteiger partial charge on any atom is -0.451 e. The first-order chi connectivity index (χ1) is 11.8. The normalized spacial score (nSPS) is 12.4. The van der Waals surface area contributed by atoms with Gasteiger partial charge in [0.25, 0.3) is 5.56 Å². The van der Waals surface area contributed by atoms with Crippen LogP contribution in [0.25, 0.3) is 10.2 Å². The number of nitrogens with zero attached hydrogens (tertiary/aromatic N) is 1. The number of hydrogen-bond acceptors (Lipinski definition) is 5. The number of carbonyl (C=O) groups is 1. The molecule has 1 aromatic carbocycles. The minimum atomic E-state index is -0.645. The van der Waals surface area contributed by atoms with Crippen LogP contribution in [-0.4, -0.2) is 15.9 Å². The fourth-order valence-electron chi connectivity index (χ4n) is 2.62. The molecular weight excluding hydrogens is 336 g/mol. The van der Waals surface area contributed by atoms with Crippen LogP contribution in [0.15, 0.2) is 23.0 Å². The van der Waals surface area contributed by atoms with Crippen LogP contribution in [0, 0.1) is 27.7 Å². The van der Waals surface area contributed by atoms with Gasteiger partial charge in [-0.25, -0.2) is 9.78 Å². The summed E-state index contributed by atoms with van der Waals surface area (Å²) in [5.74, 6) is -0.0761. The molecular formula is C19H20N2O3S. The van der Waals surface area contributed by atoms with Crippen LogP contribution >= 0.6 is 11.3 Å². The molecule has 0 saturated carbocycles. The van der Waals surface area contributed by atoms with E-state index < -0.39 is 12.1 Å². The number of benzene rings is 1. The molecule has 3 aromatic rings. The zero-order chi connectivity index (χ0) is 18.3. The van der Waals surface area contributed by atoms with E-state index in [9.17, 15) is 9.59 Å². The molecule has 1 unspecified atom stereocenters. The Morgan fingerprint density at radius 1 is 1.20 bits per heavy atom. The average molecular weight is 356 g/mol. The number of rotatable bonds is 3. The number of ether oxygens (including phenoxy) is 1. The van der Waals surface area contributed by atoms with Crippen LogP contribution in [-0.2, 0) is 4.74 Å². The predicted octanol–water partition coefficient (Wildman–Crippen LogP) is 4.14. The molecule has 1 atom stereocenters. The van der Waals surface area contributed by atoms with Crippen LogP contribution in [0.1, 0.15) is 50.8 Å². The van der Waals surface area contributed by atoms with Crippen molar-refractivity contribution >= 4 is 27.5 Å². The highest BCUT2D eigenvalue weighted by atomic mass is 32.1. The lowest BCUT2D eigenvalue weighted by Crippen LogP contribution is -2.17. The Labute approximate surface area is 149 Å². The van der Waals surface area contributed by atoms with Gasteiger partial charge in [0.15, 0.2) is 11.9 Å². The molecule has 0 spiro atoms. The predicted molar refractivity (Wildman–Crippen MR) is 99.5 cm³/mol. The van der Waals surface area contributed by atoms with Crippen LogP contribution < -0.4 is 5.56 Å². The van der Waals surface area contributed by atoms with E-state index in [2.05, 4.69) is 9.97 Å². The fourth-order valence-corrected chi connectivity index (χ4v) is 3.65. The van der Waals surface area contributed by atoms with Crippen molar-refractivity contribution in [2.24, 2.45) is 0 Å². The van der Waals surface area contributed by atoms with Crippen molar-refractivity contribution in [1.29, 1.82) is 0 Å². The molecule has 6 heteroatoms. The summed E-state index contributed by atoms with van der Waals surface area (Å²) in [6, 6.07) is 5.43. The standard InChI is InChI=1S/C19H20N2O3S/c1-9-6-7-14(8-10(9)2)19(23)24-12(4)16-20-17(22)15-11(3)13(5)25-18(15)21-16/h6-8,12H,1-5H3,(H,20,21,22). The van der Waals surface area contributed by atoms with E-state index in [0.717, 1.165) is 21.6 Å². The molecule has 0 fully saturated rings. The lowest BCUT2D eigenvalue weighted by Gasteiger charge is -2.13. The quantitative estimate of drug-likeness (QED) is 0.716. The molecule has 5 nitrogen and oxygen atoms in total. The number of nitrogens with one attached hydrogen (secondary N) is 1. The monoisotopic (exact) mass is 356 g/mol. The molecule has 0 aliphatic carbocycles. The molecule has 1 N–H and O–H groups in total. The molecule has 0 saturated heterocycles. The molecule has 3 rings (SSSR count). The average Bonchev–Trinajstić information content (AvgIpc) is 2.84. The summed E-state index contributed by atoms with van der Waals surface area (Å²) in [5, 5.41) is 0.610. The second-order valence-electron chi connectivity index (χ2n) is 6.26. The van der Waals surface area contributed by atoms with Crippen molar-refractivity contribution in [2.75, 3.05) is 0 Å². The number of hydrogen-bond donors (Lipinski definition) is 1. The smallest absolute Gasteiger partial charge is 0.338 e. The summed E-state index contributed by atoms with van der Waals surface area (Å²) in [7, 11) is 0. The van der Waals surface area contributed by atoms with Crippen molar-refractivity contribution in [3.8, 4) is 0 Å². The van der Waals surface area contributed by atoms with E-state index >= 15 is 0 Å². The highest BCUT2D eigenvalue weighted by Crippen LogP contribution is 2.27. The number of esters is 1. The first kappa shape index (κ1) is 17.4. The van der Waals surface area contributed by atoms with Gasteiger partial charge in [-0.05, 0) is 63.4 Å². The van der Waals surface area contributed by atoms with Gasteiger partial charge in [-0.1, -0.05) is 6.07 Å². The lowest BCUT2D eigenvalue weighted by molar-refractivity contribution is 0.0320. The third kappa shape index (κ3) is 3.22. The highest BCUT2D eigenvalue weighted by molar-refractivity contribution is 7.18. The number of aromatic amines is 1. The molecule has 0 amide bonds. The third-order valence-electron chi connectivity index (χ3n) is 4.47. The van der Waals surface area contributed by atoms with E-state index in [4.69, 9.17) is 4.74 Å². The van der Waals surface area contributed by atoms with Gasteiger partial charge in [-0.15, -0.1) is 11.3 Å². The molecule has 0 aliphatic rings. The molecule has 0 aliphatic heterocycles. The van der Waals surface area contributed by atoms with E-state index in [0.29, 0.717) is 21.6 Å². The van der Waals surface area contributed by atoms with Gasteiger partial charge in [0.2, 0.25) is 0 Å². The largest absolute Gasteiger partial charge is 0.451 e. The Balaban J connectivity index is 1.89. The Kier molecular flexibility index (Phi) is 4.47. The SMILES string of the molecule is Cc1ccc(C(=O)OC(C)c2nc3sc(C)c(C)c3c(=O)[nH]2)cc1C. The Morgan fingerprint density at radius 2 is 1.92 bits per heavy atom. The fraction of sp³-hybridized carbons (Fsp3) is 0.316. The highest BCUT2D eigenvalue weighted by Gasteiger charge is 2.19. The van der Waals surface area contributed by atoms with Crippen molar-refractivity contribution in [3.05, 3.63) is 61.5 Å². The summed E-state index contributed by atoms with van der Waals surface area (Å²) in [6.07, 6.45) is -0.645. The number of fused-ring (bicyclic) bond motifs is 1. The Morgan fingerprint density at radius 3 is 2.60 bits per heavy atom. The lowest BCUT2D eigenvalue weighted by atomic mass is 10.1. The maximum atomic E-state index is 12.4. The Bertz CT molecular complexity index is 1030. The van der Waals surface area contributed by atoms with Gasteiger partial charge in [0.05, 0.1) is 10.9 Å². The van der Waals surface area contributed by atoms with E-state index in [1.807, 2.05) is 33.8 Å². The summed E-state index contributed by atoms with van der Waals surface area (Å²) < 4.78 is 5.49. The van der Waals surface area contributed by atoms with Gasteiger partial charge >= 0.3 is 5.97 Å². The summed E-state index contributed by atoms with van der Waals surface area (Å²) in [4.78, 5) is 33.7. The van der Waals surface area contributed by atoms with E-state index in [1.54, 1.807) is 19.1 Å². The van der Waals surface area contributed by atoms with Gasteiger partial charge in [0, 0.05) is 4.88 Å². The van der Waals surface area contributed by atoms with Crippen LogP contribution in [0.2, 0.25) is 0 Å². The van der Waals surface area contributed by atoms with E-state index in [-0.39, 0.29) is 5.56 Å². The van der Waals surface area contributed by atoms with Crippen LogP contribution in [0.5, 0.6) is 0 Å². The summed E-state index contributed by atoms with van der Waals surface area (Å²) in [6.45, 7) is 9.51. The van der Waals surface area contributed by atoms with Crippen LogP contribution in [0.4, 0.5) is 0 Å². The van der Waals surface area contributed by atoms with Gasteiger partial charge in [-0.2, -0.15) is 0 Å². The molecule has 2 aromatic heterocycles.